The summed E-state index contributed by atoms with van der Waals surface area (Å²) in [6, 6.07) is 2.39. The minimum absolute atomic E-state index is 0.162. The number of likely N-dealkylation sites (N-methyl/N-ethyl adjacent to an activating group) is 1. The molecule has 0 saturated heterocycles. The summed E-state index contributed by atoms with van der Waals surface area (Å²) in [5.41, 5.74) is 1.28. The predicted octanol–water partition coefficient (Wildman–Crippen LogP) is 2.82. The van der Waals surface area contributed by atoms with Crippen molar-refractivity contribution in [2.75, 3.05) is 20.6 Å². The van der Waals surface area contributed by atoms with E-state index < -0.39 is 0 Å². The summed E-state index contributed by atoms with van der Waals surface area (Å²) in [6.07, 6.45) is 7.18. The summed E-state index contributed by atoms with van der Waals surface area (Å²) in [5, 5.41) is 7.35. The highest BCUT2D eigenvalue weighted by Crippen LogP contribution is 2.21. The monoisotopic (exact) mass is 278 g/mol. The lowest BCUT2D eigenvalue weighted by Crippen LogP contribution is -2.37. The molecular weight excluding hydrogens is 256 g/mol. The van der Waals surface area contributed by atoms with Crippen LogP contribution < -0.4 is 5.32 Å². The van der Waals surface area contributed by atoms with Crippen LogP contribution in [0.25, 0.3) is 0 Å². The van der Waals surface area contributed by atoms with Crippen LogP contribution in [0, 0.1) is 5.92 Å². The van der Waals surface area contributed by atoms with Crippen LogP contribution in [0.1, 0.15) is 30.9 Å². The van der Waals surface area contributed by atoms with Crippen LogP contribution in [-0.2, 0) is 4.79 Å². The summed E-state index contributed by atoms with van der Waals surface area (Å²) in [6.45, 7) is 0.683. The van der Waals surface area contributed by atoms with Gasteiger partial charge in [0.05, 0.1) is 6.04 Å². The van der Waals surface area contributed by atoms with Crippen molar-refractivity contribution >= 4 is 17.2 Å². The first-order chi connectivity index (χ1) is 9.18. The fourth-order valence-electron chi connectivity index (χ4n) is 2.44. The van der Waals surface area contributed by atoms with Gasteiger partial charge in [-0.05, 0) is 55.7 Å². The topological polar surface area (TPSA) is 32.3 Å². The third kappa shape index (κ3) is 3.91. The zero-order chi connectivity index (χ0) is 13.7. The van der Waals surface area contributed by atoms with E-state index >= 15 is 0 Å². The summed E-state index contributed by atoms with van der Waals surface area (Å²) < 4.78 is 0. The highest BCUT2D eigenvalue weighted by atomic mass is 32.1. The number of thiophene rings is 1. The van der Waals surface area contributed by atoms with Gasteiger partial charge in [0.25, 0.3) is 0 Å². The second-order valence-corrected chi connectivity index (χ2v) is 6.04. The maximum Gasteiger partial charge on any atom is 0.223 e. The summed E-state index contributed by atoms with van der Waals surface area (Å²) >= 11 is 1.70. The van der Waals surface area contributed by atoms with Crippen LogP contribution >= 0.6 is 11.3 Å². The molecule has 1 heterocycles. The number of nitrogens with zero attached hydrogens (tertiary/aromatic N) is 1. The molecule has 0 spiro atoms. The summed E-state index contributed by atoms with van der Waals surface area (Å²) in [4.78, 5) is 14.3. The number of carbonyl (C=O) groups excluding carboxylic acids is 1. The van der Waals surface area contributed by atoms with Crippen molar-refractivity contribution in [1.29, 1.82) is 0 Å². The number of rotatable bonds is 5. The lowest BCUT2D eigenvalue weighted by molar-refractivity contribution is -0.125. The highest BCUT2D eigenvalue weighted by Gasteiger charge is 2.21. The van der Waals surface area contributed by atoms with Crippen LogP contribution in [-0.4, -0.2) is 31.4 Å². The molecule has 0 aliphatic heterocycles. The van der Waals surface area contributed by atoms with Crippen LogP contribution in [0.2, 0.25) is 0 Å². The maximum atomic E-state index is 12.1. The average molecular weight is 278 g/mol. The molecule has 2 unspecified atom stereocenters. The van der Waals surface area contributed by atoms with Gasteiger partial charge in [-0.2, -0.15) is 11.3 Å². The Morgan fingerprint density at radius 3 is 2.95 bits per heavy atom. The first-order valence-corrected chi connectivity index (χ1v) is 7.74. The normalized spacial score (nSPS) is 20.5. The molecule has 3 nitrogen and oxygen atoms in total. The Balaban J connectivity index is 1.88. The van der Waals surface area contributed by atoms with Gasteiger partial charge in [0.2, 0.25) is 5.91 Å². The van der Waals surface area contributed by atoms with Gasteiger partial charge in [0.15, 0.2) is 0 Å². The molecule has 0 saturated carbocycles. The van der Waals surface area contributed by atoms with Gasteiger partial charge >= 0.3 is 0 Å². The van der Waals surface area contributed by atoms with E-state index in [-0.39, 0.29) is 17.9 Å². The van der Waals surface area contributed by atoms with Crippen molar-refractivity contribution in [2.45, 2.75) is 25.3 Å². The number of carbonyl (C=O) groups is 1. The first-order valence-electron chi connectivity index (χ1n) is 6.79. The number of hydrogen-bond donors (Lipinski definition) is 1. The quantitative estimate of drug-likeness (QED) is 0.840. The van der Waals surface area contributed by atoms with Crippen LogP contribution in [0.4, 0.5) is 0 Å². The molecule has 1 aromatic heterocycles. The van der Waals surface area contributed by atoms with Gasteiger partial charge in [-0.15, -0.1) is 0 Å². The summed E-state index contributed by atoms with van der Waals surface area (Å²) in [5.74, 6) is 0.363. The van der Waals surface area contributed by atoms with E-state index in [0.29, 0.717) is 6.54 Å². The molecule has 1 aromatic rings. The van der Waals surface area contributed by atoms with Gasteiger partial charge in [-0.1, -0.05) is 12.2 Å². The lowest BCUT2D eigenvalue weighted by Gasteiger charge is -2.25. The molecule has 1 N–H and O–H groups in total. The zero-order valence-corrected chi connectivity index (χ0v) is 12.5. The number of hydrogen-bond acceptors (Lipinski definition) is 3. The second-order valence-electron chi connectivity index (χ2n) is 5.26. The Kier molecular flexibility index (Phi) is 5.16. The van der Waals surface area contributed by atoms with Crippen molar-refractivity contribution in [2.24, 2.45) is 5.92 Å². The third-order valence-electron chi connectivity index (χ3n) is 3.66. The fourth-order valence-corrected chi connectivity index (χ4v) is 3.14. The molecular formula is C15H22N2OS. The number of nitrogens with one attached hydrogen (secondary N) is 1. The SMILES string of the molecule is CN(C)C(CNC(=O)C1CC=CCC1)c1ccsc1. The Hall–Kier alpha value is -1.13. The molecule has 1 amide bonds. The van der Waals surface area contributed by atoms with E-state index in [1.807, 2.05) is 0 Å². The van der Waals surface area contributed by atoms with Crippen molar-refractivity contribution in [1.82, 2.24) is 10.2 Å². The predicted molar refractivity (Wildman–Crippen MR) is 80.2 cm³/mol. The van der Waals surface area contributed by atoms with Gasteiger partial charge in [0, 0.05) is 12.5 Å². The molecule has 0 aromatic carbocycles. The largest absolute Gasteiger partial charge is 0.354 e. The standard InChI is InChI=1S/C15H22N2OS/c1-17(2)14(13-8-9-19-11-13)10-16-15(18)12-6-4-3-5-7-12/h3-4,8-9,11-12,14H,5-7,10H2,1-2H3,(H,16,18). The van der Waals surface area contributed by atoms with E-state index in [9.17, 15) is 4.79 Å². The Morgan fingerprint density at radius 2 is 2.37 bits per heavy atom. The smallest absolute Gasteiger partial charge is 0.223 e. The van der Waals surface area contributed by atoms with Crippen molar-refractivity contribution in [3.8, 4) is 0 Å². The molecule has 0 bridgehead atoms. The molecule has 1 aliphatic carbocycles. The molecule has 19 heavy (non-hydrogen) atoms. The minimum Gasteiger partial charge on any atom is -0.354 e. The van der Waals surface area contributed by atoms with Gasteiger partial charge in [-0.3, -0.25) is 4.79 Å². The molecule has 0 fully saturated rings. The molecule has 0 radical (unpaired) electrons. The first kappa shape index (κ1) is 14.3. The van der Waals surface area contributed by atoms with Gasteiger partial charge in [-0.25, -0.2) is 0 Å². The highest BCUT2D eigenvalue weighted by molar-refractivity contribution is 7.07. The maximum absolute atomic E-state index is 12.1. The van der Waals surface area contributed by atoms with Crippen LogP contribution in [0.15, 0.2) is 29.0 Å². The second kappa shape index (κ2) is 6.87. The molecule has 1 aliphatic rings. The Morgan fingerprint density at radius 1 is 1.53 bits per heavy atom. The minimum atomic E-state index is 0.162. The molecule has 2 rings (SSSR count). The van der Waals surface area contributed by atoms with E-state index in [4.69, 9.17) is 0 Å². The molecule has 4 heteroatoms. The summed E-state index contributed by atoms with van der Waals surface area (Å²) in [7, 11) is 4.11. The molecule has 2 atom stereocenters. The van der Waals surface area contributed by atoms with Crippen molar-refractivity contribution in [3.63, 3.8) is 0 Å². The molecule has 104 valence electrons. The Labute approximate surface area is 119 Å². The van der Waals surface area contributed by atoms with E-state index in [0.717, 1.165) is 19.3 Å². The van der Waals surface area contributed by atoms with Crippen LogP contribution in [0.5, 0.6) is 0 Å². The lowest BCUT2D eigenvalue weighted by atomic mass is 9.93. The fraction of sp³-hybridized carbons (Fsp3) is 0.533. The zero-order valence-electron chi connectivity index (χ0n) is 11.6. The number of allylic oxidation sites excluding steroid dienone is 2. The Bertz CT molecular complexity index is 425. The van der Waals surface area contributed by atoms with Crippen LogP contribution in [0.3, 0.4) is 0 Å². The van der Waals surface area contributed by atoms with E-state index in [2.05, 4.69) is 53.3 Å². The van der Waals surface area contributed by atoms with E-state index in [1.165, 1.54) is 5.56 Å². The van der Waals surface area contributed by atoms with Crippen molar-refractivity contribution in [3.05, 3.63) is 34.5 Å². The van der Waals surface area contributed by atoms with E-state index in [1.54, 1.807) is 11.3 Å². The average Bonchev–Trinajstić information content (AvgIpc) is 2.93. The number of amides is 1. The third-order valence-corrected chi connectivity index (χ3v) is 4.36. The van der Waals surface area contributed by atoms with Gasteiger partial charge < -0.3 is 10.2 Å². The van der Waals surface area contributed by atoms with Crippen molar-refractivity contribution < 1.29 is 4.79 Å². The van der Waals surface area contributed by atoms with Gasteiger partial charge in [0.1, 0.15) is 0 Å².